The van der Waals surface area contributed by atoms with E-state index >= 15 is 0 Å². The van der Waals surface area contributed by atoms with Crippen LogP contribution in [0.25, 0.3) is 11.8 Å². The van der Waals surface area contributed by atoms with Crippen molar-refractivity contribution in [1.29, 1.82) is 0 Å². The number of carbonyl (C=O) groups is 3. The Kier molecular flexibility index (Phi) is 5.66. The molecule has 3 amide bonds. The van der Waals surface area contributed by atoms with Crippen LogP contribution in [0.15, 0.2) is 66.0 Å². The highest BCUT2D eigenvalue weighted by Crippen LogP contribution is 2.31. The van der Waals surface area contributed by atoms with Crippen LogP contribution < -0.4 is 5.32 Å². The Balaban J connectivity index is 1.33. The fourth-order valence-electron chi connectivity index (χ4n) is 2.75. The lowest BCUT2D eigenvalue weighted by atomic mass is 10.2. The van der Waals surface area contributed by atoms with Crippen LogP contribution in [0.2, 0.25) is 0 Å². The zero-order valence-electron chi connectivity index (χ0n) is 15.6. The van der Waals surface area contributed by atoms with Gasteiger partial charge >= 0.3 is 0 Å². The predicted octanol–water partition coefficient (Wildman–Crippen LogP) is 2.13. The number of nitrogens with zero attached hydrogens (tertiary/aromatic N) is 5. The van der Waals surface area contributed by atoms with Gasteiger partial charge < -0.3 is 5.32 Å². The number of benzene rings is 1. The van der Waals surface area contributed by atoms with Crippen molar-refractivity contribution < 1.29 is 14.4 Å². The highest BCUT2D eigenvalue weighted by molar-refractivity contribution is 8.18. The first kappa shape index (κ1) is 19.5. The third-order valence-corrected chi connectivity index (χ3v) is 5.13. The van der Waals surface area contributed by atoms with E-state index in [1.54, 1.807) is 30.6 Å². The molecular weight excluding hydrogens is 404 g/mol. The minimum Gasteiger partial charge on any atom is -0.349 e. The van der Waals surface area contributed by atoms with Gasteiger partial charge in [0.1, 0.15) is 0 Å². The summed E-state index contributed by atoms with van der Waals surface area (Å²) in [5.41, 5.74) is 1.66. The van der Waals surface area contributed by atoms with Gasteiger partial charge in [0.05, 0.1) is 16.8 Å². The van der Waals surface area contributed by atoms with Crippen LogP contribution in [0, 0.1) is 0 Å². The molecule has 4 rings (SSSR count). The SMILES string of the molecule is O=C(NCCN1C(=O)S/C(=C\c2cccnc2)C1=O)c1cn(-c2ccccc2)nn1. The molecule has 0 unspecified atom stereocenters. The Labute approximate surface area is 175 Å². The smallest absolute Gasteiger partial charge is 0.293 e. The Morgan fingerprint density at radius 1 is 1.13 bits per heavy atom. The van der Waals surface area contributed by atoms with E-state index in [1.807, 2.05) is 30.3 Å². The molecule has 0 atom stereocenters. The molecule has 3 heterocycles. The predicted molar refractivity (Wildman–Crippen MR) is 111 cm³/mol. The van der Waals surface area contributed by atoms with Gasteiger partial charge in [-0.1, -0.05) is 29.5 Å². The van der Waals surface area contributed by atoms with Crippen molar-refractivity contribution in [2.75, 3.05) is 13.1 Å². The maximum atomic E-state index is 12.5. The molecule has 0 radical (unpaired) electrons. The largest absolute Gasteiger partial charge is 0.349 e. The summed E-state index contributed by atoms with van der Waals surface area (Å²) in [7, 11) is 0. The van der Waals surface area contributed by atoms with Gasteiger partial charge in [-0.3, -0.25) is 24.3 Å². The lowest BCUT2D eigenvalue weighted by Gasteiger charge is -2.12. The van der Waals surface area contributed by atoms with E-state index in [-0.39, 0.29) is 24.0 Å². The molecule has 1 saturated heterocycles. The van der Waals surface area contributed by atoms with Crippen LogP contribution in [0.4, 0.5) is 4.79 Å². The van der Waals surface area contributed by atoms with Crippen molar-refractivity contribution in [1.82, 2.24) is 30.2 Å². The zero-order valence-corrected chi connectivity index (χ0v) is 16.5. The van der Waals surface area contributed by atoms with Crippen LogP contribution in [-0.4, -0.2) is 55.0 Å². The van der Waals surface area contributed by atoms with Gasteiger partial charge in [-0.05, 0) is 41.6 Å². The molecule has 0 aliphatic carbocycles. The van der Waals surface area contributed by atoms with Crippen LogP contribution >= 0.6 is 11.8 Å². The van der Waals surface area contributed by atoms with Crippen LogP contribution in [0.3, 0.4) is 0 Å². The first-order valence-corrected chi connectivity index (χ1v) is 9.85. The number of carbonyl (C=O) groups excluding carboxylic acids is 3. The number of hydrogen-bond donors (Lipinski definition) is 1. The van der Waals surface area contributed by atoms with Gasteiger partial charge in [0, 0.05) is 25.5 Å². The average Bonchev–Trinajstić information content (AvgIpc) is 3.36. The van der Waals surface area contributed by atoms with E-state index in [0.717, 1.165) is 27.9 Å². The van der Waals surface area contributed by atoms with Crippen molar-refractivity contribution in [2.45, 2.75) is 0 Å². The van der Waals surface area contributed by atoms with Crippen LogP contribution in [0.1, 0.15) is 16.1 Å². The Hall–Kier alpha value is -3.79. The monoisotopic (exact) mass is 420 g/mol. The van der Waals surface area contributed by atoms with Crippen LogP contribution in [0.5, 0.6) is 0 Å². The normalized spacial score (nSPS) is 15.1. The molecule has 0 spiro atoms. The summed E-state index contributed by atoms with van der Waals surface area (Å²) in [6.07, 6.45) is 6.38. The number of aromatic nitrogens is 4. The second-order valence-corrected chi connectivity index (χ2v) is 7.25. The summed E-state index contributed by atoms with van der Waals surface area (Å²) in [6, 6.07) is 12.8. The highest BCUT2D eigenvalue weighted by atomic mass is 32.2. The van der Waals surface area contributed by atoms with Gasteiger partial charge in [0.25, 0.3) is 17.1 Å². The minimum absolute atomic E-state index is 0.0631. The van der Waals surface area contributed by atoms with Gasteiger partial charge in [0.15, 0.2) is 5.69 Å². The molecule has 0 bridgehead atoms. The number of pyridine rings is 1. The molecule has 1 aromatic carbocycles. The Morgan fingerprint density at radius 2 is 1.97 bits per heavy atom. The summed E-state index contributed by atoms with van der Waals surface area (Å²) in [6.45, 7) is 0.169. The second-order valence-electron chi connectivity index (χ2n) is 6.26. The van der Waals surface area contributed by atoms with Gasteiger partial charge in [-0.15, -0.1) is 5.10 Å². The van der Waals surface area contributed by atoms with Gasteiger partial charge in [0.2, 0.25) is 0 Å². The second kappa shape index (κ2) is 8.70. The molecule has 0 saturated carbocycles. The van der Waals surface area contributed by atoms with Crippen molar-refractivity contribution >= 4 is 34.9 Å². The van der Waals surface area contributed by atoms with Crippen LogP contribution in [-0.2, 0) is 4.79 Å². The summed E-state index contributed by atoms with van der Waals surface area (Å²) in [5.74, 6) is -0.826. The number of para-hydroxylation sites is 1. The summed E-state index contributed by atoms with van der Waals surface area (Å²) in [5, 5.41) is 10.1. The molecule has 1 aliphatic rings. The maximum Gasteiger partial charge on any atom is 0.293 e. The summed E-state index contributed by atoms with van der Waals surface area (Å²) >= 11 is 0.865. The molecule has 9 nitrogen and oxygen atoms in total. The molecule has 2 aromatic heterocycles. The third kappa shape index (κ3) is 4.28. The molecule has 30 heavy (non-hydrogen) atoms. The van der Waals surface area contributed by atoms with Gasteiger partial charge in [-0.25, -0.2) is 4.68 Å². The fraction of sp³-hybridized carbons (Fsp3) is 0.100. The lowest BCUT2D eigenvalue weighted by molar-refractivity contribution is -0.122. The van der Waals surface area contributed by atoms with Crippen molar-refractivity contribution in [3.8, 4) is 5.69 Å². The highest BCUT2D eigenvalue weighted by Gasteiger charge is 2.34. The summed E-state index contributed by atoms with van der Waals surface area (Å²) in [4.78, 5) is 42.4. The number of imide groups is 1. The lowest BCUT2D eigenvalue weighted by Crippen LogP contribution is -2.37. The molecule has 1 fully saturated rings. The molecule has 10 heteroatoms. The van der Waals surface area contributed by atoms with Crippen molar-refractivity contribution in [3.05, 3.63) is 77.2 Å². The number of thioether (sulfide) groups is 1. The van der Waals surface area contributed by atoms with E-state index in [2.05, 4.69) is 20.6 Å². The first-order chi connectivity index (χ1) is 14.6. The molecule has 150 valence electrons. The van der Waals surface area contributed by atoms with E-state index in [4.69, 9.17) is 0 Å². The number of amides is 3. The number of nitrogens with one attached hydrogen (secondary N) is 1. The molecule has 1 aliphatic heterocycles. The van der Waals surface area contributed by atoms with E-state index in [0.29, 0.717) is 4.91 Å². The maximum absolute atomic E-state index is 12.5. The van der Waals surface area contributed by atoms with E-state index < -0.39 is 11.8 Å². The first-order valence-electron chi connectivity index (χ1n) is 9.03. The molecule has 3 aromatic rings. The minimum atomic E-state index is -0.435. The van der Waals surface area contributed by atoms with E-state index in [1.165, 1.54) is 10.9 Å². The quantitative estimate of drug-likeness (QED) is 0.608. The molecular formula is C20H16N6O3S. The fourth-order valence-corrected chi connectivity index (χ4v) is 3.62. The topological polar surface area (TPSA) is 110 Å². The average molecular weight is 420 g/mol. The standard InChI is InChI=1S/C20H16N6O3S/c27-18(16-13-26(24-23-16)15-6-2-1-3-7-15)22-9-10-25-19(28)17(30-20(25)29)11-14-5-4-8-21-12-14/h1-8,11-13H,9-10H2,(H,22,27)/b17-11-. The van der Waals surface area contributed by atoms with Crippen molar-refractivity contribution in [3.63, 3.8) is 0 Å². The Morgan fingerprint density at radius 3 is 2.73 bits per heavy atom. The van der Waals surface area contributed by atoms with E-state index in [9.17, 15) is 14.4 Å². The van der Waals surface area contributed by atoms with Crippen molar-refractivity contribution in [2.24, 2.45) is 0 Å². The number of hydrogen-bond acceptors (Lipinski definition) is 7. The van der Waals surface area contributed by atoms with Gasteiger partial charge in [-0.2, -0.15) is 0 Å². The number of rotatable bonds is 6. The zero-order chi connectivity index (χ0) is 20.9. The molecule has 1 N–H and O–H groups in total. The third-order valence-electron chi connectivity index (χ3n) is 4.22. The Bertz CT molecular complexity index is 1110. The summed E-state index contributed by atoms with van der Waals surface area (Å²) < 4.78 is 1.49.